The third-order valence-electron chi connectivity index (χ3n) is 10.5. The lowest BCUT2D eigenvalue weighted by atomic mass is 9.91. The van der Waals surface area contributed by atoms with Crippen molar-refractivity contribution in [1.82, 2.24) is 19.5 Å². The van der Waals surface area contributed by atoms with Crippen LogP contribution in [0.15, 0.2) is 176 Å². The van der Waals surface area contributed by atoms with E-state index in [1.807, 2.05) is 24.3 Å². The quantitative estimate of drug-likeness (QED) is 0.170. The third-order valence-corrected chi connectivity index (χ3v) is 10.5. The van der Waals surface area contributed by atoms with Crippen LogP contribution < -0.4 is 0 Å². The molecule has 0 radical (unpaired) electrons. The summed E-state index contributed by atoms with van der Waals surface area (Å²) in [4.78, 5) is 15.3. The highest BCUT2D eigenvalue weighted by molar-refractivity contribution is 6.11. The van der Waals surface area contributed by atoms with Gasteiger partial charge in [-0.3, -0.25) is 0 Å². The van der Waals surface area contributed by atoms with Gasteiger partial charge in [-0.25, -0.2) is 15.0 Å². The van der Waals surface area contributed by atoms with Crippen molar-refractivity contribution in [2.75, 3.05) is 0 Å². The molecule has 52 heavy (non-hydrogen) atoms. The van der Waals surface area contributed by atoms with Crippen molar-refractivity contribution in [1.29, 1.82) is 0 Å². The molecule has 10 rings (SSSR count). The van der Waals surface area contributed by atoms with Crippen molar-refractivity contribution in [2.24, 2.45) is 0 Å². The number of hydrogen-bond acceptors (Lipinski definition) is 3. The molecule has 2 heterocycles. The number of para-hydroxylation sites is 2. The molecule has 1 unspecified atom stereocenters. The van der Waals surface area contributed by atoms with E-state index in [2.05, 4.69) is 156 Å². The van der Waals surface area contributed by atoms with Gasteiger partial charge in [-0.1, -0.05) is 140 Å². The fourth-order valence-corrected chi connectivity index (χ4v) is 8.05. The summed E-state index contributed by atoms with van der Waals surface area (Å²) in [5, 5.41) is 2.55. The minimum Gasteiger partial charge on any atom is -0.309 e. The SMILES string of the molecule is c1ccc(-c2cccc(-c3nc(CCC4c5ccccc5-c5cc6c(cc54)c4ccccc4n6-c4ccccc4)nc(-c4ccccc4)n3)c2)cc1. The predicted molar refractivity (Wildman–Crippen MR) is 213 cm³/mol. The van der Waals surface area contributed by atoms with Crippen molar-refractivity contribution in [2.45, 2.75) is 18.8 Å². The summed E-state index contributed by atoms with van der Waals surface area (Å²) < 4.78 is 2.41. The third kappa shape index (κ3) is 5.19. The maximum absolute atomic E-state index is 5.14. The summed E-state index contributed by atoms with van der Waals surface area (Å²) >= 11 is 0. The van der Waals surface area contributed by atoms with Crippen molar-refractivity contribution >= 4 is 21.8 Å². The highest BCUT2D eigenvalue weighted by Crippen LogP contribution is 2.49. The summed E-state index contributed by atoms with van der Waals surface area (Å²) in [7, 11) is 0. The Kier molecular flexibility index (Phi) is 7.31. The van der Waals surface area contributed by atoms with E-state index in [1.165, 1.54) is 55.3 Å². The molecule has 0 fully saturated rings. The molecule has 246 valence electrons. The van der Waals surface area contributed by atoms with Crippen molar-refractivity contribution in [3.05, 3.63) is 193 Å². The molecule has 0 saturated carbocycles. The fourth-order valence-electron chi connectivity index (χ4n) is 8.05. The molecule has 0 amide bonds. The van der Waals surface area contributed by atoms with Crippen LogP contribution in [0.3, 0.4) is 0 Å². The normalized spacial score (nSPS) is 13.3. The first-order valence-electron chi connectivity index (χ1n) is 18.0. The van der Waals surface area contributed by atoms with Gasteiger partial charge in [0.25, 0.3) is 0 Å². The van der Waals surface area contributed by atoms with Gasteiger partial charge in [0.1, 0.15) is 5.82 Å². The summed E-state index contributed by atoms with van der Waals surface area (Å²) in [5.41, 5.74) is 13.3. The van der Waals surface area contributed by atoms with Gasteiger partial charge >= 0.3 is 0 Å². The maximum atomic E-state index is 5.14. The fraction of sp³-hybridized carbons (Fsp3) is 0.0625. The van der Waals surface area contributed by atoms with Crippen molar-refractivity contribution < 1.29 is 0 Å². The monoisotopic (exact) mass is 666 g/mol. The van der Waals surface area contributed by atoms with Crippen LogP contribution in [-0.2, 0) is 6.42 Å². The lowest BCUT2D eigenvalue weighted by Gasteiger charge is -2.15. The van der Waals surface area contributed by atoms with Crippen LogP contribution in [0.4, 0.5) is 0 Å². The Morgan fingerprint density at radius 1 is 0.423 bits per heavy atom. The van der Waals surface area contributed by atoms with Crippen LogP contribution in [0.2, 0.25) is 0 Å². The van der Waals surface area contributed by atoms with Crippen molar-refractivity contribution in [3.63, 3.8) is 0 Å². The second-order valence-corrected chi connectivity index (χ2v) is 13.5. The van der Waals surface area contributed by atoms with Crippen LogP contribution in [0.25, 0.3) is 72.5 Å². The first-order valence-corrected chi connectivity index (χ1v) is 18.0. The van der Waals surface area contributed by atoms with Gasteiger partial charge in [-0.05, 0) is 76.2 Å². The Morgan fingerprint density at radius 2 is 1.06 bits per heavy atom. The molecule has 0 saturated heterocycles. The lowest BCUT2D eigenvalue weighted by molar-refractivity contribution is 0.699. The number of aromatic nitrogens is 4. The Hall–Kier alpha value is -6.65. The zero-order chi connectivity index (χ0) is 34.4. The Bertz CT molecular complexity index is 2730. The van der Waals surface area contributed by atoms with Crippen LogP contribution in [0.1, 0.15) is 29.3 Å². The molecule has 1 atom stereocenters. The molecule has 0 aliphatic heterocycles. The minimum absolute atomic E-state index is 0.219. The van der Waals surface area contributed by atoms with Crippen molar-refractivity contribution in [3.8, 4) is 50.7 Å². The highest BCUT2D eigenvalue weighted by Gasteiger charge is 2.30. The van der Waals surface area contributed by atoms with Crippen LogP contribution in [-0.4, -0.2) is 19.5 Å². The minimum atomic E-state index is 0.219. The average Bonchev–Trinajstić information content (AvgIpc) is 3.71. The van der Waals surface area contributed by atoms with E-state index in [0.717, 1.165) is 35.4 Å². The van der Waals surface area contributed by atoms with E-state index in [4.69, 9.17) is 15.0 Å². The Balaban J connectivity index is 1.07. The first kappa shape index (κ1) is 30.2. The molecule has 0 bridgehead atoms. The van der Waals surface area contributed by atoms with Gasteiger partial charge in [0.15, 0.2) is 11.6 Å². The molecular weight excluding hydrogens is 633 g/mol. The smallest absolute Gasteiger partial charge is 0.163 e. The number of rotatable bonds is 7. The number of aryl methyl sites for hydroxylation is 1. The van der Waals surface area contributed by atoms with E-state index in [9.17, 15) is 0 Å². The van der Waals surface area contributed by atoms with E-state index >= 15 is 0 Å². The van der Waals surface area contributed by atoms with Gasteiger partial charge in [0.2, 0.25) is 0 Å². The first-order chi connectivity index (χ1) is 25.8. The summed E-state index contributed by atoms with van der Waals surface area (Å²) in [6.45, 7) is 0. The molecule has 4 nitrogen and oxygen atoms in total. The van der Waals surface area contributed by atoms with E-state index in [-0.39, 0.29) is 5.92 Å². The van der Waals surface area contributed by atoms with Gasteiger partial charge in [-0.15, -0.1) is 0 Å². The standard InChI is InChI=1S/C48H34N4/c1-4-15-32(16-5-1)34-19-14-20-35(29-34)48-50-46(49-47(51-48)33-17-6-2-7-18-33)28-27-39-37-23-10-11-24-38(37)42-31-45-43(30-41(39)42)40-25-12-13-26-44(40)52(45)36-21-8-3-9-22-36/h1-26,29-31,39H,27-28H2. The average molecular weight is 667 g/mol. The topological polar surface area (TPSA) is 43.6 Å². The highest BCUT2D eigenvalue weighted by atomic mass is 15.0. The molecule has 0 spiro atoms. The Labute approximate surface area is 302 Å². The van der Waals surface area contributed by atoms with Gasteiger partial charge in [0.05, 0.1) is 11.0 Å². The molecule has 9 aromatic rings. The number of nitrogens with zero attached hydrogens (tertiary/aromatic N) is 4. The van der Waals surface area contributed by atoms with Crippen LogP contribution in [0, 0.1) is 0 Å². The lowest BCUT2D eigenvalue weighted by Crippen LogP contribution is -2.06. The largest absolute Gasteiger partial charge is 0.309 e. The molecular formula is C48H34N4. The number of fused-ring (bicyclic) bond motifs is 6. The second kappa shape index (κ2) is 12.6. The number of hydrogen-bond donors (Lipinski definition) is 0. The summed E-state index contributed by atoms with van der Waals surface area (Å²) in [5.74, 6) is 2.43. The molecule has 1 aliphatic carbocycles. The zero-order valence-electron chi connectivity index (χ0n) is 28.5. The predicted octanol–water partition coefficient (Wildman–Crippen LogP) is 11.7. The molecule has 7 aromatic carbocycles. The van der Waals surface area contributed by atoms with E-state index in [1.54, 1.807) is 0 Å². The van der Waals surface area contributed by atoms with E-state index < -0.39 is 0 Å². The Morgan fingerprint density at radius 3 is 1.87 bits per heavy atom. The summed E-state index contributed by atoms with van der Waals surface area (Å²) in [6, 6.07) is 62.5. The molecule has 2 aromatic heterocycles. The van der Waals surface area contributed by atoms with Gasteiger partial charge in [0, 0.05) is 39.9 Å². The molecule has 1 aliphatic rings. The molecule has 4 heteroatoms. The summed E-state index contributed by atoms with van der Waals surface area (Å²) in [6.07, 6.45) is 1.60. The van der Waals surface area contributed by atoms with Crippen LogP contribution >= 0.6 is 0 Å². The van der Waals surface area contributed by atoms with Gasteiger partial charge < -0.3 is 4.57 Å². The second-order valence-electron chi connectivity index (χ2n) is 13.5. The van der Waals surface area contributed by atoms with E-state index in [0.29, 0.717) is 11.6 Å². The van der Waals surface area contributed by atoms with Crippen LogP contribution in [0.5, 0.6) is 0 Å². The van der Waals surface area contributed by atoms with Gasteiger partial charge in [-0.2, -0.15) is 0 Å². The maximum Gasteiger partial charge on any atom is 0.163 e. The molecule has 0 N–H and O–H groups in total. The zero-order valence-corrected chi connectivity index (χ0v) is 28.5. The number of benzene rings is 7.